The van der Waals surface area contributed by atoms with E-state index in [1.807, 2.05) is 0 Å². The molecule has 126 valence electrons. The number of ketones is 2. The minimum Gasteiger partial charge on any atom is -0.297 e. The Balaban J connectivity index is 2.60. The molecule has 0 aromatic rings. The van der Waals surface area contributed by atoms with Crippen LogP contribution in [-0.2, 0) is 14.4 Å². The molecule has 0 N–H and O–H groups in total. The van der Waals surface area contributed by atoms with E-state index in [1.54, 1.807) is 0 Å². The third-order valence-corrected chi connectivity index (χ3v) is 5.19. The minimum atomic E-state index is -5.15. The van der Waals surface area contributed by atoms with Crippen LogP contribution in [0.15, 0.2) is 0 Å². The highest BCUT2D eigenvalue weighted by Gasteiger charge is 2.59. The molecule has 3 nitrogen and oxygen atoms in total. The molecule has 0 aliphatic carbocycles. The molecule has 1 rings (SSSR count). The molecule has 1 aliphatic heterocycles. The highest BCUT2D eigenvalue weighted by atomic mass is 32.2. The number of carbonyl (C=O) groups excluding carboxylic acids is 3. The average Bonchev–Trinajstić information content (AvgIpc) is 2.63. The predicted octanol–water partition coefficient (Wildman–Crippen LogP) is 4.09. The van der Waals surface area contributed by atoms with Gasteiger partial charge in [-0.2, -0.15) is 13.2 Å². The van der Waals surface area contributed by atoms with Crippen molar-refractivity contribution < 1.29 is 27.6 Å². The molecule has 0 saturated carbocycles. The van der Waals surface area contributed by atoms with Crippen LogP contribution in [0.5, 0.6) is 0 Å². The van der Waals surface area contributed by atoms with Crippen LogP contribution in [0.2, 0.25) is 0 Å². The van der Waals surface area contributed by atoms with Gasteiger partial charge in [0, 0.05) is 0 Å². The van der Waals surface area contributed by atoms with Gasteiger partial charge in [0.2, 0.25) is 5.12 Å². The fourth-order valence-electron chi connectivity index (χ4n) is 2.55. The summed E-state index contributed by atoms with van der Waals surface area (Å²) in [5.41, 5.74) is 0. The van der Waals surface area contributed by atoms with Gasteiger partial charge < -0.3 is 0 Å². The number of thioether (sulfide) groups is 1. The van der Waals surface area contributed by atoms with Gasteiger partial charge in [0.1, 0.15) is 0 Å². The first-order valence-corrected chi connectivity index (χ1v) is 8.33. The first-order valence-electron chi connectivity index (χ1n) is 7.51. The van der Waals surface area contributed by atoms with Crippen molar-refractivity contribution >= 4 is 28.4 Å². The third-order valence-electron chi connectivity index (χ3n) is 3.89. The number of alkyl halides is 3. The number of Topliss-reactive ketones (excluding diaryl/α,β-unsaturated/α-hetero) is 2. The monoisotopic (exact) mass is 338 g/mol. The zero-order valence-corrected chi connectivity index (χ0v) is 13.6. The Morgan fingerprint density at radius 2 is 1.68 bits per heavy atom. The number of hydrogen-bond donors (Lipinski definition) is 0. The van der Waals surface area contributed by atoms with Gasteiger partial charge in [-0.3, -0.25) is 14.4 Å². The molecule has 1 unspecified atom stereocenters. The van der Waals surface area contributed by atoms with Crippen LogP contribution in [-0.4, -0.2) is 27.6 Å². The second-order valence-corrected chi connectivity index (χ2v) is 7.34. The quantitative estimate of drug-likeness (QED) is 0.494. The van der Waals surface area contributed by atoms with E-state index < -0.39 is 33.5 Å². The molecule has 0 amide bonds. The van der Waals surface area contributed by atoms with Crippen molar-refractivity contribution in [2.45, 2.75) is 69.7 Å². The van der Waals surface area contributed by atoms with Crippen LogP contribution in [0, 0.1) is 5.92 Å². The summed E-state index contributed by atoms with van der Waals surface area (Å²) in [5, 5.41) is -0.971. The van der Waals surface area contributed by atoms with Crippen molar-refractivity contribution in [1.82, 2.24) is 0 Å². The molecule has 0 aromatic carbocycles. The van der Waals surface area contributed by atoms with E-state index >= 15 is 0 Å². The molecule has 1 heterocycles. The van der Waals surface area contributed by atoms with Gasteiger partial charge in [0.15, 0.2) is 11.7 Å². The van der Waals surface area contributed by atoms with Gasteiger partial charge in [-0.25, -0.2) is 0 Å². The Morgan fingerprint density at radius 1 is 1.14 bits per heavy atom. The van der Waals surface area contributed by atoms with Crippen molar-refractivity contribution in [1.29, 1.82) is 0 Å². The molecular weight excluding hydrogens is 317 g/mol. The summed E-state index contributed by atoms with van der Waals surface area (Å²) in [4.78, 5) is 35.1. The third kappa shape index (κ3) is 4.57. The zero-order chi connectivity index (χ0) is 17.0. The Kier molecular flexibility index (Phi) is 6.65. The molecule has 0 spiro atoms. The summed E-state index contributed by atoms with van der Waals surface area (Å²) >= 11 is 0.588. The molecule has 22 heavy (non-hydrogen) atoms. The zero-order valence-electron chi connectivity index (χ0n) is 12.8. The normalized spacial score (nSPS) is 25.8. The maximum atomic E-state index is 12.5. The fraction of sp³-hybridized carbons (Fsp3) is 0.800. The van der Waals surface area contributed by atoms with Crippen molar-refractivity contribution in [3.63, 3.8) is 0 Å². The summed E-state index contributed by atoms with van der Waals surface area (Å²) in [6.07, 6.45) is 1.05. The maximum Gasteiger partial charge on any atom is 0.451 e. The first kappa shape index (κ1) is 19.2. The molecule has 1 saturated heterocycles. The van der Waals surface area contributed by atoms with Gasteiger partial charge in [0.25, 0.3) is 5.78 Å². The van der Waals surface area contributed by atoms with Gasteiger partial charge in [-0.05, 0) is 13.3 Å². The average molecular weight is 338 g/mol. The van der Waals surface area contributed by atoms with E-state index in [2.05, 4.69) is 6.92 Å². The Morgan fingerprint density at radius 3 is 2.23 bits per heavy atom. The number of halogens is 3. The lowest BCUT2D eigenvalue weighted by molar-refractivity contribution is -0.176. The van der Waals surface area contributed by atoms with E-state index in [1.165, 1.54) is 6.92 Å². The van der Waals surface area contributed by atoms with E-state index in [4.69, 9.17) is 0 Å². The van der Waals surface area contributed by atoms with Crippen LogP contribution in [0.1, 0.15) is 58.8 Å². The summed E-state index contributed by atoms with van der Waals surface area (Å²) in [6.45, 7) is 3.56. The second-order valence-electron chi connectivity index (χ2n) is 5.83. The molecule has 0 bridgehead atoms. The summed E-state index contributed by atoms with van der Waals surface area (Å²) in [6, 6.07) is 0. The lowest BCUT2D eigenvalue weighted by Crippen LogP contribution is -2.40. The van der Waals surface area contributed by atoms with E-state index in [0.29, 0.717) is 24.6 Å². The topological polar surface area (TPSA) is 51.2 Å². The minimum absolute atomic E-state index is 0.329. The highest BCUT2D eigenvalue weighted by molar-refractivity contribution is 8.16. The Bertz CT molecular complexity index is 448. The standard InChI is InChI=1S/C15H21F3O3S/c1-3-4-5-6-7-8-9-14(2)11(19)10(13(21)22-14)12(20)15(16,17)18/h10H,3-9H2,1-2H3/t10?,14-/m1/s1. The highest BCUT2D eigenvalue weighted by Crippen LogP contribution is 2.45. The fourth-order valence-corrected chi connectivity index (χ4v) is 3.79. The maximum absolute atomic E-state index is 12.5. The molecule has 7 heteroatoms. The second kappa shape index (κ2) is 7.62. The van der Waals surface area contributed by atoms with Crippen molar-refractivity contribution in [3.05, 3.63) is 0 Å². The van der Waals surface area contributed by atoms with Gasteiger partial charge in [0.05, 0.1) is 4.75 Å². The Hall–Kier alpha value is -0.850. The van der Waals surface area contributed by atoms with Gasteiger partial charge >= 0.3 is 6.18 Å². The van der Waals surface area contributed by atoms with E-state index in [0.717, 1.165) is 32.1 Å². The lowest BCUT2D eigenvalue weighted by Gasteiger charge is -2.20. The smallest absolute Gasteiger partial charge is 0.297 e. The van der Waals surface area contributed by atoms with Crippen LogP contribution in [0.25, 0.3) is 0 Å². The van der Waals surface area contributed by atoms with Crippen molar-refractivity contribution in [2.75, 3.05) is 0 Å². The number of unbranched alkanes of at least 4 members (excludes halogenated alkanes) is 5. The van der Waals surface area contributed by atoms with Crippen LogP contribution >= 0.6 is 11.8 Å². The van der Waals surface area contributed by atoms with Crippen LogP contribution in [0.4, 0.5) is 13.2 Å². The molecular formula is C15H21F3O3S. The molecule has 1 fully saturated rings. The number of hydrogen-bond acceptors (Lipinski definition) is 4. The molecule has 0 radical (unpaired) electrons. The Labute approximate surface area is 132 Å². The number of carbonyl (C=O) groups is 3. The number of rotatable bonds is 8. The summed E-state index contributed by atoms with van der Waals surface area (Å²) in [7, 11) is 0. The van der Waals surface area contributed by atoms with E-state index in [-0.39, 0.29) is 0 Å². The largest absolute Gasteiger partial charge is 0.451 e. The van der Waals surface area contributed by atoms with Gasteiger partial charge in [-0.15, -0.1) is 0 Å². The molecule has 1 aliphatic rings. The van der Waals surface area contributed by atoms with Crippen molar-refractivity contribution in [3.8, 4) is 0 Å². The lowest BCUT2D eigenvalue weighted by atomic mass is 9.88. The van der Waals surface area contributed by atoms with Crippen LogP contribution in [0.3, 0.4) is 0 Å². The summed E-state index contributed by atoms with van der Waals surface area (Å²) in [5.74, 6) is -5.30. The predicted molar refractivity (Wildman–Crippen MR) is 78.6 cm³/mol. The van der Waals surface area contributed by atoms with Gasteiger partial charge in [-0.1, -0.05) is 57.2 Å². The molecule has 0 aromatic heterocycles. The van der Waals surface area contributed by atoms with E-state index in [9.17, 15) is 27.6 Å². The van der Waals surface area contributed by atoms with Crippen LogP contribution < -0.4 is 0 Å². The van der Waals surface area contributed by atoms with Crippen molar-refractivity contribution in [2.24, 2.45) is 5.92 Å². The molecule has 2 atom stereocenters. The SMILES string of the molecule is CCCCCCCC[C@@]1(C)SC(=O)C(C(=O)C(F)(F)F)C1=O. The summed E-state index contributed by atoms with van der Waals surface area (Å²) < 4.78 is 36.2. The first-order chi connectivity index (χ1) is 10.1.